The minimum atomic E-state index is -0.673. The minimum Gasteiger partial charge on any atom is -0.457 e. The number of aliphatic hydroxyl groups excluding tert-OH is 1. The third-order valence-corrected chi connectivity index (χ3v) is 3.18. The first-order valence-electron chi connectivity index (χ1n) is 7.03. The molecular weight excluding hydrogens is 280 g/mol. The van der Waals surface area contributed by atoms with Crippen molar-refractivity contribution in [1.29, 1.82) is 0 Å². The smallest absolute Gasteiger partial charge is 0.251 e. The van der Waals surface area contributed by atoms with E-state index in [2.05, 4.69) is 10.3 Å². The van der Waals surface area contributed by atoms with Crippen molar-refractivity contribution < 1.29 is 14.6 Å². The summed E-state index contributed by atoms with van der Waals surface area (Å²) < 4.78 is 5.79. The molecule has 0 saturated heterocycles. The van der Waals surface area contributed by atoms with Crippen molar-refractivity contribution in [2.45, 2.75) is 26.3 Å². The molecule has 1 aromatic heterocycles. The van der Waals surface area contributed by atoms with E-state index in [1.54, 1.807) is 50.5 Å². The molecule has 0 spiro atoms. The lowest BCUT2D eigenvalue weighted by molar-refractivity contribution is 0.0869. The fourth-order valence-electron chi connectivity index (χ4n) is 1.80. The van der Waals surface area contributed by atoms with Gasteiger partial charge in [-0.15, -0.1) is 0 Å². The Hall–Kier alpha value is -2.40. The quantitative estimate of drug-likeness (QED) is 0.890. The Morgan fingerprint density at radius 2 is 1.95 bits per heavy atom. The molecule has 0 bridgehead atoms. The second kappa shape index (κ2) is 6.58. The van der Waals surface area contributed by atoms with Crippen LogP contribution in [0.2, 0.25) is 0 Å². The largest absolute Gasteiger partial charge is 0.457 e. The zero-order valence-electron chi connectivity index (χ0n) is 13.0. The van der Waals surface area contributed by atoms with E-state index in [0.717, 1.165) is 5.56 Å². The van der Waals surface area contributed by atoms with Crippen LogP contribution in [0.3, 0.4) is 0 Å². The predicted octanol–water partition coefficient (Wildman–Crippen LogP) is 2.68. The highest BCUT2D eigenvalue weighted by atomic mass is 16.5. The van der Waals surface area contributed by atoms with Gasteiger partial charge in [-0.2, -0.15) is 0 Å². The molecule has 116 valence electrons. The van der Waals surface area contributed by atoms with Gasteiger partial charge in [0.05, 0.1) is 12.1 Å². The number of ether oxygens (including phenoxy) is 1. The van der Waals surface area contributed by atoms with E-state index >= 15 is 0 Å². The minimum absolute atomic E-state index is 0.134. The van der Waals surface area contributed by atoms with Crippen molar-refractivity contribution in [3.8, 4) is 11.5 Å². The second-order valence-electron chi connectivity index (χ2n) is 5.76. The number of rotatable bonds is 5. The van der Waals surface area contributed by atoms with Crippen molar-refractivity contribution in [3.05, 3.63) is 53.9 Å². The van der Waals surface area contributed by atoms with Gasteiger partial charge in [-0.05, 0) is 50.6 Å². The molecule has 2 rings (SSSR count). The predicted molar refractivity (Wildman–Crippen MR) is 84.1 cm³/mol. The number of nitrogens with zero attached hydrogens (tertiary/aromatic N) is 1. The summed E-state index contributed by atoms with van der Waals surface area (Å²) >= 11 is 0. The highest BCUT2D eigenvalue weighted by Crippen LogP contribution is 2.25. The maximum absolute atomic E-state index is 12.2. The number of pyridine rings is 1. The number of amides is 1. The second-order valence-corrected chi connectivity index (χ2v) is 5.76. The normalized spacial score (nSPS) is 11.1. The molecule has 0 unspecified atom stereocenters. The summed E-state index contributed by atoms with van der Waals surface area (Å²) in [4.78, 5) is 16.2. The lowest BCUT2D eigenvalue weighted by atomic mass is 10.1. The first-order valence-corrected chi connectivity index (χ1v) is 7.03. The zero-order chi connectivity index (χ0) is 16.2. The fraction of sp³-hybridized carbons (Fsp3) is 0.294. The van der Waals surface area contributed by atoms with Crippen LogP contribution in [0.5, 0.6) is 11.5 Å². The summed E-state index contributed by atoms with van der Waals surface area (Å²) in [7, 11) is 0. The van der Waals surface area contributed by atoms with Gasteiger partial charge in [0.25, 0.3) is 5.91 Å². The van der Waals surface area contributed by atoms with E-state index in [4.69, 9.17) is 4.74 Å². The monoisotopic (exact) mass is 300 g/mol. The van der Waals surface area contributed by atoms with E-state index < -0.39 is 5.54 Å². The number of hydrogen-bond acceptors (Lipinski definition) is 4. The number of carbonyl (C=O) groups excluding carboxylic acids is 1. The molecule has 2 aromatic rings. The van der Waals surface area contributed by atoms with Crippen LogP contribution in [0.1, 0.15) is 29.8 Å². The lowest BCUT2D eigenvalue weighted by Gasteiger charge is -2.23. The number of aryl methyl sites for hydroxylation is 1. The van der Waals surface area contributed by atoms with E-state index in [1.807, 2.05) is 13.0 Å². The van der Waals surface area contributed by atoms with Crippen LogP contribution in [-0.4, -0.2) is 28.1 Å². The third-order valence-electron chi connectivity index (χ3n) is 3.18. The first-order chi connectivity index (χ1) is 10.4. The molecule has 1 aromatic carbocycles. The molecule has 5 heteroatoms. The summed E-state index contributed by atoms with van der Waals surface area (Å²) in [6.07, 6.45) is 3.29. The number of carbonyl (C=O) groups is 1. The van der Waals surface area contributed by atoms with Crippen LogP contribution < -0.4 is 10.1 Å². The van der Waals surface area contributed by atoms with Gasteiger partial charge < -0.3 is 15.2 Å². The van der Waals surface area contributed by atoms with Crippen molar-refractivity contribution in [2.75, 3.05) is 6.61 Å². The van der Waals surface area contributed by atoms with E-state index in [1.165, 1.54) is 0 Å². The van der Waals surface area contributed by atoms with Crippen LogP contribution in [0.4, 0.5) is 0 Å². The summed E-state index contributed by atoms with van der Waals surface area (Å²) in [6, 6.07) is 8.76. The molecule has 22 heavy (non-hydrogen) atoms. The van der Waals surface area contributed by atoms with Gasteiger partial charge in [0.1, 0.15) is 11.5 Å². The lowest BCUT2D eigenvalue weighted by Crippen LogP contribution is -2.46. The average Bonchev–Trinajstić information content (AvgIpc) is 2.50. The molecule has 0 fully saturated rings. The molecule has 0 aliphatic carbocycles. The van der Waals surface area contributed by atoms with Gasteiger partial charge in [-0.1, -0.05) is 6.07 Å². The molecule has 0 radical (unpaired) electrons. The van der Waals surface area contributed by atoms with Gasteiger partial charge in [0.15, 0.2) is 0 Å². The number of hydrogen-bond donors (Lipinski definition) is 2. The summed E-state index contributed by atoms with van der Waals surface area (Å²) in [6.45, 7) is 5.29. The van der Waals surface area contributed by atoms with Crippen molar-refractivity contribution in [3.63, 3.8) is 0 Å². The van der Waals surface area contributed by atoms with E-state index in [9.17, 15) is 9.90 Å². The molecule has 0 saturated carbocycles. The van der Waals surface area contributed by atoms with Gasteiger partial charge in [0, 0.05) is 18.0 Å². The zero-order valence-corrected chi connectivity index (χ0v) is 13.0. The Morgan fingerprint density at radius 1 is 1.27 bits per heavy atom. The molecule has 2 N–H and O–H groups in total. The molecular formula is C17H20N2O3. The Balaban J connectivity index is 2.21. The van der Waals surface area contributed by atoms with Gasteiger partial charge in [-0.3, -0.25) is 9.78 Å². The van der Waals surface area contributed by atoms with Crippen molar-refractivity contribution >= 4 is 5.91 Å². The van der Waals surface area contributed by atoms with Crippen LogP contribution in [0, 0.1) is 6.92 Å². The van der Waals surface area contributed by atoms with Crippen LogP contribution in [0.25, 0.3) is 0 Å². The van der Waals surface area contributed by atoms with Crippen LogP contribution in [-0.2, 0) is 0 Å². The Kier molecular flexibility index (Phi) is 4.78. The SMILES string of the molecule is Cc1ccc(C(=O)NC(C)(C)CO)cc1Oc1ccncc1. The average molecular weight is 300 g/mol. The third kappa shape index (κ3) is 4.05. The summed E-state index contributed by atoms with van der Waals surface area (Å²) in [5, 5.41) is 12.0. The Bertz CT molecular complexity index is 654. The number of benzene rings is 1. The molecule has 0 atom stereocenters. The molecule has 5 nitrogen and oxygen atoms in total. The Morgan fingerprint density at radius 3 is 2.59 bits per heavy atom. The van der Waals surface area contributed by atoms with Crippen LogP contribution >= 0.6 is 0 Å². The van der Waals surface area contributed by atoms with Gasteiger partial charge in [-0.25, -0.2) is 0 Å². The maximum atomic E-state index is 12.2. The number of aliphatic hydroxyl groups is 1. The molecule has 0 aliphatic rings. The van der Waals surface area contributed by atoms with E-state index in [-0.39, 0.29) is 12.5 Å². The highest BCUT2D eigenvalue weighted by molar-refractivity contribution is 5.95. The van der Waals surface area contributed by atoms with Gasteiger partial charge in [0.2, 0.25) is 0 Å². The topological polar surface area (TPSA) is 71.5 Å². The number of nitrogens with one attached hydrogen (secondary N) is 1. The van der Waals surface area contributed by atoms with E-state index in [0.29, 0.717) is 17.1 Å². The maximum Gasteiger partial charge on any atom is 0.251 e. The van der Waals surface area contributed by atoms with Crippen molar-refractivity contribution in [2.24, 2.45) is 0 Å². The fourth-order valence-corrected chi connectivity index (χ4v) is 1.80. The number of aromatic nitrogens is 1. The Labute approximate surface area is 130 Å². The van der Waals surface area contributed by atoms with Gasteiger partial charge >= 0.3 is 0 Å². The highest BCUT2D eigenvalue weighted by Gasteiger charge is 2.20. The summed E-state index contributed by atoms with van der Waals surface area (Å²) in [5.74, 6) is 1.02. The standard InChI is InChI=1S/C17H20N2O3/c1-12-4-5-13(16(21)19-17(2,3)11-20)10-15(12)22-14-6-8-18-9-7-14/h4-10,20H,11H2,1-3H3,(H,19,21). The van der Waals surface area contributed by atoms with Crippen LogP contribution in [0.15, 0.2) is 42.7 Å². The first kappa shape index (κ1) is 16.0. The molecule has 1 heterocycles. The summed E-state index contributed by atoms with van der Waals surface area (Å²) in [5.41, 5.74) is 0.736. The molecule has 0 aliphatic heterocycles. The van der Waals surface area contributed by atoms with Crippen molar-refractivity contribution in [1.82, 2.24) is 10.3 Å². The molecule has 1 amide bonds.